The van der Waals surface area contributed by atoms with Gasteiger partial charge < -0.3 is 19.1 Å². The Bertz CT molecular complexity index is 689. The topological polar surface area (TPSA) is 51.2 Å². The number of hydrogen-bond acceptors (Lipinski definition) is 5. The fraction of sp³-hybridized carbons (Fsp3) is 0.667. The van der Waals surface area contributed by atoms with E-state index in [4.69, 9.17) is 14.2 Å². The Morgan fingerprint density at radius 3 is 2.78 bits per heavy atom. The van der Waals surface area contributed by atoms with Crippen LogP contribution in [0.4, 0.5) is 0 Å². The third-order valence-corrected chi connectivity index (χ3v) is 6.45. The Labute approximate surface area is 161 Å². The van der Waals surface area contributed by atoms with Gasteiger partial charge in [0.15, 0.2) is 0 Å². The molecule has 0 N–H and O–H groups in total. The molecular formula is C21H30N2O4. The summed E-state index contributed by atoms with van der Waals surface area (Å²) < 4.78 is 16.6. The minimum Gasteiger partial charge on any atom is -0.497 e. The van der Waals surface area contributed by atoms with E-state index >= 15 is 0 Å². The molecule has 6 nitrogen and oxygen atoms in total. The number of likely N-dealkylation sites (tertiary alicyclic amines) is 2. The number of carbonyl (C=O) groups is 1. The van der Waals surface area contributed by atoms with Crippen LogP contribution >= 0.6 is 0 Å². The lowest BCUT2D eigenvalue weighted by atomic mass is 9.77. The van der Waals surface area contributed by atoms with Gasteiger partial charge in [-0.15, -0.1) is 0 Å². The molecule has 3 aliphatic rings. The van der Waals surface area contributed by atoms with Gasteiger partial charge in [0.1, 0.15) is 11.5 Å². The zero-order valence-corrected chi connectivity index (χ0v) is 16.4. The lowest BCUT2D eigenvalue weighted by molar-refractivity contribution is -0.0807. The van der Waals surface area contributed by atoms with Crippen molar-refractivity contribution in [2.24, 2.45) is 0 Å². The predicted octanol–water partition coefficient (Wildman–Crippen LogP) is 2.56. The number of rotatable bonds is 5. The van der Waals surface area contributed by atoms with Crippen molar-refractivity contribution in [3.8, 4) is 11.5 Å². The molecule has 1 amide bonds. The van der Waals surface area contributed by atoms with Crippen LogP contribution in [0.1, 0.15) is 42.5 Å². The number of carbonyl (C=O) groups excluding carboxylic acids is 1. The van der Waals surface area contributed by atoms with Crippen LogP contribution in [-0.2, 0) is 4.74 Å². The van der Waals surface area contributed by atoms with E-state index in [-0.39, 0.29) is 11.4 Å². The number of benzene rings is 1. The van der Waals surface area contributed by atoms with E-state index < -0.39 is 0 Å². The molecule has 2 atom stereocenters. The first kappa shape index (κ1) is 18.6. The van der Waals surface area contributed by atoms with Crippen molar-refractivity contribution >= 4 is 5.91 Å². The van der Waals surface area contributed by atoms with E-state index in [9.17, 15) is 4.79 Å². The summed E-state index contributed by atoms with van der Waals surface area (Å²) in [6.07, 6.45) is 6.08. The van der Waals surface area contributed by atoms with Gasteiger partial charge in [-0.25, -0.2) is 0 Å². The monoisotopic (exact) mass is 374 g/mol. The Balaban J connectivity index is 1.49. The fourth-order valence-corrected chi connectivity index (χ4v) is 4.80. The molecule has 0 aliphatic carbocycles. The van der Waals surface area contributed by atoms with Crippen molar-refractivity contribution in [2.45, 2.75) is 43.7 Å². The zero-order chi connectivity index (χ0) is 18.9. The van der Waals surface area contributed by atoms with Crippen molar-refractivity contribution in [3.05, 3.63) is 23.8 Å². The Morgan fingerprint density at radius 1 is 1.22 bits per heavy atom. The third-order valence-electron chi connectivity index (χ3n) is 6.45. The second-order valence-corrected chi connectivity index (χ2v) is 7.95. The Hall–Kier alpha value is -1.79. The molecule has 3 fully saturated rings. The first-order chi connectivity index (χ1) is 13.1. The molecule has 4 rings (SSSR count). The molecule has 148 valence electrons. The molecule has 1 aromatic carbocycles. The number of piperidine rings is 1. The average molecular weight is 374 g/mol. The van der Waals surface area contributed by atoms with Crippen LogP contribution in [0.25, 0.3) is 0 Å². The van der Waals surface area contributed by atoms with Gasteiger partial charge in [-0.1, -0.05) is 0 Å². The van der Waals surface area contributed by atoms with E-state index in [0.717, 1.165) is 45.6 Å². The third kappa shape index (κ3) is 3.52. The fourth-order valence-electron chi connectivity index (χ4n) is 4.80. The van der Waals surface area contributed by atoms with E-state index in [0.29, 0.717) is 23.2 Å². The summed E-state index contributed by atoms with van der Waals surface area (Å²) in [5.74, 6) is 1.31. The van der Waals surface area contributed by atoms with Crippen LogP contribution in [0.2, 0.25) is 0 Å². The van der Waals surface area contributed by atoms with Gasteiger partial charge in [0, 0.05) is 38.3 Å². The molecule has 1 spiro atoms. The van der Waals surface area contributed by atoms with Crippen LogP contribution < -0.4 is 9.47 Å². The van der Waals surface area contributed by atoms with Gasteiger partial charge in [0.25, 0.3) is 5.91 Å². The maximum atomic E-state index is 13.3. The summed E-state index contributed by atoms with van der Waals surface area (Å²) in [5, 5.41) is 0. The van der Waals surface area contributed by atoms with Gasteiger partial charge in [0.2, 0.25) is 0 Å². The van der Waals surface area contributed by atoms with Crippen LogP contribution in [0, 0.1) is 0 Å². The molecule has 3 heterocycles. The van der Waals surface area contributed by atoms with Crippen LogP contribution in [0.15, 0.2) is 18.2 Å². The molecule has 0 saturated carbocycles. The van der Waals surface area contributed by atoms with Crippen LogP contribution in [0.5, 0.6) is 11.5 Å². The molecule has 0 radical (unpaired) electrons. The highest BCUT2D eigenvalue weighted by Gasteiger charge is 2.48. The van der Waals surface area contributed by atoms with Gasteiger partial charge in [-0.3, -0.25) is 9.69 Å². The van der Waals surface area contributed by atoms with E-state index in [1.807, 2.05) is 11.0 Å². The Kier molecular flexibility index (Phi) is 5.28. The number of ether oxygens (including phenoxy) is 3. The molecule has 6 heteroatoms. The first-order valence-electron chi connectivity index (χ1n) is 10.0. The quantitative estimate of drug-likeness (QED) is 0.793. The molecule has 3 aliphatic heterocycles. The smallest absolute Gasteiger partial charge is 0.257 e. The largest absolute Gasteiger partial charge is 0.497 e. The zero-order valence-electron chi connectivity index (χ0n) is 16.4. The summed E-state index contributed by atoms with van der Waals surface area (Å²) in [6.45, 7) is 4.61. The second-order valence-electron chi connectivity index (χ2n) is 7.95. The summed E-state index contributed by atoms with van der Waals surface area (Å²) >= 11 is 0. The van der Waals surface area contributed by atoms with Crippen molar-refractivity contribution in [1.82, 2.24) is 9.80 Å². The number of methoxy groups -OCH3 is 2. The van der Waals surface area contributed by atoms with E-state index in [1.165, 1.54) is 19.3 Å². The maximum absolute atomic E-state index is 13.3. The highest BCUT2D eigenvalue weighted by atomic mass is 16.5. The lowest BCUT2D eigenvalue weighted by Crippen LogP contribution is -2.68. The number of amides is 1. The minimum absolute atomic E-state index is 0.0359. The average Bonchev–Trinajstić information content (AvgIpc) is 3.23. The number of hydrogen-bond donors (Lipinski definition) is 0. The maximum Gasteiger partial charge on any atom is 0.257 e. The van der Waals surface area contributed by atoms with E-state index in [1.54, 1.807) is 26.4 Å². The summed E-state index contributed by atoms with van der Waals surface area (Å²) in [4.78, 5) is 17.8. The molecule has 0 bridgehead atoms. The standard InChI is InChI=1S/C21H30N2O4/c1-25-16-6-7-19(26-2)18(13-16)20(24)22-10-4-8-21(15-22)9-11-23(21)14-17-5-3-12-27-17/h6-7,13,17H,3-5,8-12,14-15H2,1-2H3/t17-,21-/m1/s1. The van der Waals surface area contributed by atoms with Crippen molar-refractivity contribution in [1.29, 1.82) is 0 Å². The molecule has 1 aromatic rings. The molecule has 0 unspecified atom stereocenters. The summed E-state index contributed by atoms with van der Waals surface area (Å²) in [6, 6.07) is 5.41. The molecule has 3 saturated heterocycles. The van der Waals surface area contributed by atoms with Gasteiger partial charge >= 0.3 is 0 Å². The summed E-state index contributed by atoms with van der Waals surface area (Å²) in [5.41, 5.74) is 0.713. The normalized spacial score (nSPS) is 28.2. The van der Waals surface area contributed by atoms with Gasteiger partial charge in [-0.05, 0) is 50.3 Å². The predicted molar refractivity (Wildman–Crippen MR) is 103 cm³/mol. The Morgan fingerprint density at radius 2 is 2.11 bits per heavy atom. The lowest BCUT2D eigenvalue weighted by Gasteiger charge is -2.57. The van der Waals surface area contributed by atoms with Gasteiger partial charge in [0.05, 0.1) is 25.9 Å². The highest BCUT2D eigenvalue weighted by molar-refractivity contribution is 5.97. The molecular weight excluding hydrogens is 344 g/mol. The summed E-state index contributed by atoms with van der Waals surface area (Å²) in [7, 11) is 3.22. The van der Waals surface area contributed by atoms with Crippen molar-refractivity contribution in [3.63, 3.8) is 0 Å². The first-order valence-corrected chi connectivity index (χ1v) is 10.0. The van der Waals surface area contributed by atoms with Crippen LogP contribution in [-0.4, -0.2) is 74.4 Å². The second kappa shape index (κ2) is 7.68. The van der Waals surface area contributed by atoms with Gasteiger partial charge in [-0.2, -0.15) is 0 Å². The molecule has 27 heavy (non-hydrogen) atoms. The SMILES string of the molecule is COc1ccc(OC)c(C(=O)N2CCC[C@@]3(CCN3C[C@H]3CCCO3)C2)c1. The van der Waals surface area contributed by atoms with Crippen molar-refractivity contribution < 1.29 is 19.0 Å². The van der Waals surface area contributed by atoms with Crippen molar-refractivity contribution in [2.75, 3.05) is 47.0 Å². The molecule has 0 aromatic heterocycles. The number of nitrogens with zero attached hydrogens (tertiary/aromatic N) is 2. The van der Waals surface area contributed by atoms with E-state index in [2.05, 4.69) is 4.90 Å². The minimum atomic E-state index is 0.0359. The highest BCUT2D eigenvalue weighted by Crippen LogP contribution is 2.40. The van der Waals surface area contributed by atoms with Crippen LogP contribution in [0.3, 0.4) is 0 Å².